The van der Waals surface area contributed by atoms with Gasteiger partial charge in [-0.25, -0.2) is 0 Å². The third-order valence-electron chi connectivity index (χ3n) is 5.98. The average molecular weight is 409 g/mol. The third-order valence-corrected chi connectivity index (χ3v) is 5.98. The third kappa shape index (κ3) is 3.54. The zero-order chi connectivity index (χ0) is 20.5. The molecule has 4 heterocycles. The molecule has 1 saturated heterocycles. The van der Waals surface area contributed by atoms with Crippen LogP contribution in [0.1, 0.15) is 35.8 Å². The maximum atomic E-state index is 13.3. The minimum absolute atomic E-state index is 0.0974. The van der Waals surface area contributed by atoms with Crippen molar-refractivity contribution in [1.82, 2.24) is 14.4 Å². The molecule has 0 saturated carbocycles. The highest BCUT2D eigenvalue weighted by molar-refractivity contribution is 5.97. The van der Waals surface area contributed by atoms with Gasteiger partial charge in [0.1, 0.15) is 5.69 Å². The summed E-state index contributed by atoms with van der Waals surface area (Å²) in [4.78, 5) is 17.6. The monoisotopic (exact) mass is 409 g/mol. The van der Waals surface area contributed by atoms with E-state index in [-0.39, 0.29) is 5.91 Å². The van der Waals surface area contributed by atoms with Gasteiger partial charge >= 0.3 is 0 Å². The summed E-state index contributed by atoms with van der Waals surface area (Å²) < 4.78 is 18.5. The van der Waals surface area contributed by atoms with Gasteiger partial charge in [0.2, 0.25) is 6.79 Å². The predicted octanol–water partition coefficient (Wildman–Crippen LogP) is 3.72. The molecule has 0 bridgehead atoms. The van der Waals surface area contributed by atoms with Crippen LogP contribution < -0.4 is 9.47 Å². The van der Waals surface area contributed by atoms with Crippen molar-refractivity contribution in [3.8, 4) is 11.5 Å². The number of aryl methyl sites for hydroxylation is 1. The first-order valence-corrected chi connectivity index (χ1v) is 10.7. The molecule has 1 aromatic carbocycles. The number of hydrogen-bond acceptors (Lipinski definition) is 5. The van der Waals surface area contributed by atoms with E-state index in [2.05, 4.69) is 28.5 Å². The van der Waals surface area contributed by atoms with Gasteiger partial charge in [0.15, 0.2) is 17.1 Å². The maximum Gasteiger partial charge on any atom is 0.270 e. The Balaban J connectivity index is 1.24. The Morgan fingerprint density at radius 3 is 2.70 bits per heavy atom. The summed E-state index contributed by atoms with van der Waals surface area (Å²) >= 11 is 0. The van der Waals surface area contributed by atoms with Crippen molar-refractivity contribution in [1.29, 1.82) is 0 Å². The van der Waals surface area contributed by atoms with Crippen LogP contribution in [-0.4, -0.2) is 53.2 Å². The Morgan fingerprint density at radius 1 is 1.03 bits per heavy atom. The number of rotatable bonds is 6. The first-order chi connectivity index (χ1) is 14.7. The number of aromatic nitrogens is 1. The van der Waals surface area contributed by atoms with Gasteiger partial charge < -0.3 is 23.4 Å². The fraction of sp³-hybridized carbons (Fsp3) is 0.435. The highest BCUT2D eigenvalue weighted by Gasteiger charge is 2.26. The minimum Gasteiger partial charge on any atom is -0.463 e. The van der Waals surface area contributed by atoms with E-state index in [1.807, 2.05) is 23.1 Å². The summed E-state index contributed by atoms with van der Waals surface area (Å²) in [7, 11) is 0. The van der Waals surface area contributed by atoms with Crippen LogP contribution in [0.3, 0.4) is 0 Å². The van der Waals surface area contributed by atoms with Gasteiger partial charge in [0, 0.05) is 51.4 Å². The molecule has 0 radical (unpaired) electrons. The zero-order valence-corrected chi connectivity index (χ0v) is 17.3. The Bertz CT molecular complexity index is 1050. The fourth-order valence-corrected chi connectivity index (χ4v) is 4.28. The van der Waals surface area contributed by atoms with Gasteiger partial charge in [-0.3, -0.25) is 9.69 Å². The van der Waals surface area contributed by atoms with E-state index in [4.69, 9.17) is 13.9 Å². The molecular weight excluding hydrogens is 382 g/mol. The molecular formula is C23H27N3O4. The quantitative estimate of drug-likeness (QED) is 0.621. The number of benzene rings is 1. The van der Waals surface area contributed by atoms with E-state index in [9.17, 15) is 4.79 Å². The summed E-state index contributed by atoms with van der Waals surface area (Å²) in [6.07, 6.45) is 3.82. The molecule has 158 valence electrons. The van der Waals surface area contributed by atoms with E-state index in [1.165, 1.54) is 5.56 Å². The number of amides is 1. The Labute approximate surface area is 175 Å². The van der Waals surface area contributed by atoms with Crippen molar-refractivity contribution in [3.63, 3.8) is 0 Å². The second kappa shape index (κ2) is 8.07. The molecule has 0 atom stereocenters. The van der Waals surface area contributed by atoms with Gasteiger partial charge in [0.05, 0.1) is 11.8 Å². The van der Waals surface area contributed by atoms with Crippen LogP contribution in [0.2, 0.25) is 0 Å². The largest absolute Gasteiger partial charge is 0.463 e. The van der Waals surface area contributed by atoms with Crippen molar-refractivity contribution < 1.29 is 18.7 Å². The predicted molar refractivity (Wildman–Crippen MR) is 113 cm³/mol. The fourth-order valence-electron chi connectivity index (χ4n) is 4.28. The number of carbonyl (C=O) groups is 1. The highest BCUT2D eigenvalue weighted by Crippen LogP contribution is 2.33. The number of hydrogen-bond donors (Lipinski definition) is 0. The average Bonchev–Trinajstić information content (AvgIpc) is 3.48. The number of fused-ring (bicyclic) bond motifs is 2. The Morgan fingerprint density at radius 2 is 1.87 bits per heavy atom. The lowest BCUT2D eigenvalue weighted by Gasteiger charge is -2.35. The summed E-state index contributed by atoms with van der Waals surface area (Å²) in [6.45, 7) is 7.30. The molecule has 0 spiro atoms. The zero-order valence-electron chi connectivity index (χ0n) is 17.3. The molecule has 2 aliphatic heterocycles. The SMILES string of the molecule is CCCCn1c(C(=O)N2CCN(Cc3ccc4c(c3)OCO4)CC2)cc2occc21. The minimum atomic E-state index is 0.0974. The van der Waals surface area contributed by atoms with E-state index < -0.39 is 0 Å². The summed E-state index contributed by atoms with van der Waals surface area (Å²) in [6, 6.07) is 9.95. The topological polar surface area (TPSA) is 60.1 Å². The highest BCUT2D eigenvalue weighted by atomic mass is 16.7. The lowest BCUT2D eigenvalue weighted by molar-refractivity contribution is 0.0618. The molecule has 0 unspecified atom stereocenters. The second-order valence-electron chi connectivity index (χ2n) is 7.96. The van der Waals surface area contributed by atoms with E-state index in [1.54, 1.807) is 6.26 Å². The smallest absolute Gasteiger partial charge is 0.270 e. The van der Waals surface area contributed by atoms with E-state index >= 15 is 0 Å². The van der Waals surface area contributed by atoms with Crippen LogP contribution in [0.15, 0.2) is 41.0 Å². The van der Waals surface area contributed by atoms with Crippen LogP contribution in [0.25, 0.3) is 11.1 Å². The molecule has 7 heteroatoms. The first-order valence-electron chi connectivity index (χ1n) is 10.7. The molecule has 2 aliphatic rings. The van der Waals surface area contributed by atoms with Crippen molar-refractivity contribution in [2.75, 3.05) is 33.0 Å². The van der Waals surface area contributed by atoms with Crippen LogP contribution in [0.5, 0.6) is 11.5 Å². The normalized spacial score (nSPS) is 16.5. The van der Waals surface area contributed by atoms with Crippen LogP contribution in [0, 0.1) is 0 Å². The van der Waals surface area contributed by atoms with Gasteiger partial charge in [-0.15, -0.1) is 0 Å². The molecule has 30 heavy (non-hydrogen) atoms. The lowest BCUT2D eigenvalue weighted by atomic mass is 10.1. The molecule has 3 aromatic rings. The van der Waals surface area contributed by atoms with Crippen molar-refractivity contribution >= 4 is 17.0 Å². The maximum absolute atomic E-state index is 13.3. The van der Waals surface area contributed by atoms with Crippen molar-refractivity contribution in [3.05, 3.63) is 47.9 Å². The number of furan rings is 1. The van der Waals surface area contributed by atoms with Crippen molar-refractivity contribution in [2.24, 2.45) is 0 Å². The van der Waals surface area contributed by atoms with Gasteiger partial charge in [-0.2, -0.15) is 0 Å². The molecule has 1 amide bonds. The van der Waals surface area contributed by atoms with E-state index in [0.717, 1.165) is 80.4 Å². The van der Waals surface area contributed by atoms with Gasteiger partial charge in [-0.1, -0.05) is 19.4 Å². The number of ether oxygens (including phenoxy) is 2. The molecule has 1 fully saturated rings. The summed E-state index contributed by atoms with van der Waals surface area (Å²) in [5.41, 5.74) is 3.74. The molecule has 7 nitrogen and oxygen atoms in total. The summed E-state index contributed by atoms with van der Waals surface area (Å²) in [5.74, 6) is 1.73. The first kappa shape index (κ1) is 19.1. The number of carbonyl (C=O) groups excluding carboxylic acids is 1. The summed E-state index contributed by atoms with van der Waals surface area (Å²) in [5, 5.41) is 0. The standard InChI is InChI=1S/C23H27N3O4/c1-2-3-7-26-18-6-12-28-21(18)14-19(26)23(27)25-10-8-24(9-11-25)15-17-4-5-20-22(13-17)30-16-29-20/h4-6,12-14H,2-3,7-11,15-16H2,1H3. The van der Waals surface area contributed by atoms with Gasteiger partial charge in [-0.05, 0) is 24.1 Å². The molecule has 0 N–H and O–H groups in total. The number of piperazine rings is 1. The van der Waals surface area contributed by atoms with Crippen LogP contribution >= 0.6 is 0 Å². The van der Waals surface area contributed by atoms with Crippen LogP contribution in [-0.2, 0) is 13.1 Å². The lowest BCUT2D eigenvalue weighted by Crippen LogP contribution is -2.48. The van der Waals surface area contributed by atoms with Crippen LogP contribution in [0.4, 0.5) is 0 Å². The Hall–Kier alpha value is -2.93. The second-order valence-corrected chi connectivity index (χ2v) is 7.96. The molecule has 2 aromatic heterocycles. The number of unbranched alkanes of at least 4 members (excludes halogenated alkanes) is 1. The Kier molecular flexibility index (Phi) is 5.12. The van der Waals surface area contributed by atoms with Gasteiger partial charge in [0.25, 0.3) is 5.91 Å². The molecule has 5 rings (SSSR count). The molecule has 0 aliphatic carbocycles. The van der Waals surface area contributed by atoms with Crippen molar-refractivity contribution in [2.45, 2.75) is 32.9 Å². The van der Waals surface area contributed by atoms with E-state index in [0.29, 0.717) is 6.79 Å². The number of nitrogens with zero attached hydrogens (tertiary/aromatic N) is 3.